The van der Waals surface area contributed by atoms with E-state index in [2.05, 4.69) is 90.7 Å². The maximum Gasteiger partial charge on any atom is 0.255 e. The lowest BCUT2D eigenvalue weighted by Crippen LogP contribution is -2.45. The van der Waals surface area contributed by atoms with Gasteiger partial charge in [-0.3, -0.25) is 14.4 Å². The van der Waals surface area contributed by atoms with E-state index in [1.807, 2.05) is 46.9 Å². The zero-order valence-corrected chi connectivity index (χ0v) is 35.1. The van der Waals surface area contributed by atoms with Gasteiger partial charge in [0.05, 0.1) is 12.0 Å². The highest BCUT2D eigenvalue weighted by Crippen LogP contribution is 2.36. The third-order valence-electron chi connectivity index (χ3n) is 12.8. The number of carbonyl (C=O) groups is 3. The Labute approximate surface area is 340 Å². The van der Waals surface area contributed by atoms with E-state index in [0.717, 1.165) is 111 Å². The predicted molar refractivity (Wildman–Crippen MR) is 230 cm³/mol. The number of carbonyl (C=O) groups excluding carboxylic acids is 3. The fourth-order valence-electron chi connectivity index (χ4n) is 8.96. The molecular weight excluding hydrogens is 709 g/mol. The van der Waals surface area contributed by atoms with Gasteiger partial charge in [0.15, 0.2) is 0 Å². The van der Waals surface area contributed by atoms with Crippen LogP contribution in [0.4, 0.5) is 5.69 Å². The third kappa shape index (κ3) is 8.54. The van der Waals surface area contributed by atoms with Crippen LogP contribution in [0, 0.1) is 6.92 Å². The smallest absolute Gasteiger partial charge is 0.255 e. The maximum absolute atomic E-state index is 15.0. The fourth-order valence-corrected chi connectivity index (χ4v) is 8.96. The normalized spacial score (nSPS) is 17.0. The predicted octanol–water partition coefficient (Wildman–Crippen LogP) is 7.51. The summed E-state index contributed by atoms with van der Waals surface area (Å²) in [4.78, 5) is 54.0. The van der Waals surface area contributed by atoms with E-state index in [-0.39, 0.29) is 23.8 Å². The summed E-state index contributed by atoms with van der Waals surface area (Å²) in [6, 6.07) is 23.1. The molecule has 9 heteroatoms. The fraction of sp³-hybridized carbons (Fsp3) is 0.479. The van der Waals surface area contributed by atoms with Crippen LogP contribution in [-0.4, -0.2) is 101 Å². The molecule has 4 aromatic rings. The Morgan fingerprint density at radius 1 is 0.754 bits per heavy atom. The number of nitrogens with zero attached hydrogens (tertiary/aromatic N) is 6. The number of fused-ring (bicyclic) bond motifs is 2. The van der Waals surface area contributed by atoms with Gasteiger partial charge < -0.3 is 29.1 Å². The van der Waals surface area contributed by atoms with Crippen molar-refractivity contribution in [3.63, 3.8) is 0 Å². The van der Waals surface area contributed by atoms with Gasteiger partial charge in [0.2, 0.25) is 5.91 Å². The van der Waals surface area contributed by atoms with Crippen LogP contribution in [0.3, 0.4) is 0 Å². The van der Waals surface area contributed by atoms with Crippen LogP contribution in [0.1, 0.15) is 101 Å². The molecule has 57 heavy (non-hydrogen) atoms. The summed E-state index contributed by atoms with van der Waals surface area (Å²) >= 11 is 0. The van der Waals surface area contributed by atoms with Gasteiger partial charge in [-0.25, -0.2) is 0 Å². The molecule has 0 bridgehead atoms. The largest absolute Gasteiger partial charge is 0.369 e. The first-order valence-corrected chi connectivity index (χ1v) is 21.4. The van der Waals surface area contributed by atoms with Crippen molar-refractivity contribution < 1.29 is 14.4 Å². The van der Waals surface area contributed by atoms with E-state index in [1.165, 1.54) is 11.1 Å². The standard InChI is InChI=1S/C48H62N6O3/c1-7-9-20-52(21-10-8-2)47(56)41-31-45(50(6)35(41)4)42-28-37-19-22-53(46(55)30-38-16-13-14-18-44(38)51-25-23-49(5)24-26-51)32-40(37)29-43(42)48(57)54-33-39-17-12-11-15-36(39)27-34(54)3/h11-18,28-29,31,34H,7-10,19-27,30,32-33H2,1-6H3/t34-/m1/s1. The van der Waals surface area contributed by atoms with Crippen molar-refractivity contribution in [3.8, 4) is 11.3 Å². The minimum atomic E-state index is -0.0152. The molecule has 0 aliphatic carbocycles. The second-order valence-electron chi connectivity index (χ2n) is 16.7. The molecule has 1 atom stereocenters. The first-order chi connectivity index (χ1) is 27.6. The minimum absolute atomic E-state index is 0.0152. The molecule has 1 saturated heterocycles. The number of likely N-dealkylation sites (N-methyl/N-ethyl adjacent to an activating group) is 1. The molecule has 3 amide bonds. The van der Waals surface area contributed by atoms with Crippen LogP contribution >= 0.6 is 0 Å². The van der Waals surface area contributed by atoms with Gasteiger partial charge in [0, 0.05) is 100 Å². The van der Waals surface area contributed by atoms with Crippen molar-refractivity contribution in [2.24, 2.45) is 7.05 Å². The summed E-state index contributed by atoms with van der Waals surface area (Å²) in [7, 11) is 4.17. The van der Waals surface area contributed by atoms with Crippen LogP contribution in [-0.2, 0) is 44.2 Å². The van der Waals surface area contributed by atoms with Crippen LogP contribution in [0.5, 0.6) is 0 Å². The molecule has 0 spiro atoms. The van der Waals surface area contributed by atoms with Crippen molar-refractivity contribution >= 4 is 23.4 Å². The average Bonchev–Trinajstić information content (AvgIpc) is 3.52. The number of unbranched alkanes of at least 4 members (excludes halogenated alkanes) is 2. The number of benzene rings is 3. The topological polar surface area (TPSA) is 72.3 Å². The monoisotopic (exact) mass is 770 g/mol. The molecule has 0 N–H and O–H groups in total. The molecule has 3 aromatic carbocycles. The Morgan fingerprint density at radius 2 is 1.44 bits per heavy atom. The van der Waals surface area contributed by atoms with Gasteiger partial charge in [0.1, 0.15) is 0 Å². The Balaban J connectivity index is 1.22. The van der Waals surface area contributed by atoms with Gasteiger partial charge in [-0.1, -0.05) is 69.2 Å². The third-order valence-corrected chi connectivity index (χ3v) is 12.8. The summed E-state index contributed by atoms with van der Waals surface area (Å²) in [5.74, 6) is 0.155. The van der Waals surface area contributed by atoms with E-state index in [4.69, 9.17) is 0 Å². The molecule has 1 aromatic heterocycles. The molecule has 302 valence electrons. The lowest BCUT2D eigenvalue weighted by Gasteiger charge is -2.36. The maximum atomic E-state index is 15.0. The Hall–Kier alpha value is -4.89. The van der Waals surface area contributed by atoms with Crippen LogP contribution in [0.25, 0.3) is 11.3 Å². The Bertz CT molecular complexity index is 2090. The van der Waals surface area contributed by atoms with Crippen LogP contribution in [0.2, 0.25) is 0 Å². The van der Waals surface area contributed by atoms with Crippen molar-refractivity contribution in [3.05, 3.63) is 111 Å². The van der Waals surface area contributed by atoms with E-state index in [9.17, 15) is 14.4 Å². The van der Waals surface area contributed by atoms with Gasteiger partial charge in [0.25, 0.3) is 11.8 Å². The van der Waals surface area contributed by atoms with Gasteiger partial charge >= 0.3 is 0 Å². The quantitative estimate of drug-likeness (QED) is 0.149. The first-order valence-electron chi connectivity index (χ1n) is 21.4. The molecule has 9 nitrogen and oxygen atoms in total. The van der Waals surface area contributed by atoms with Crippen LogP contribution in [0.15, 0.2) is 66.7 Å². The molecule has 0 unspecified atom stereocenters. The van der Waals surface area contributed by atoms with Gasteiger partial charge in [-0.15, -0.1) is 0 Å². The summed E-state index contributed by atoms with van der Waals surface area (Å²) < 4.78 is 2.09. The number of rotatable bonds is 12. The number of aromatic nitrogens is 1. The molecule has 1 fully saturated rings. The van der Waals surface area contributed by atoms with Crippen molar-refractivity contribution in [2.75, 3.05) is 57.8 Å². The first kappa shape index (κ1) is 40.3. The number of hydrogen-bond acceptors (Lipinski definition) is 5. The lowest BCUT2D eigenvalue weighted by molar-refractivity contribution is -0.131. The Morgan fingerprint density at radius 3 is 2.16 bits per heavy atom. The number of para-hydroxylation sites is 1. The number of hydrogen-bond donors (Lipinski definition) is 0. The highest BCUT2D eigenvalue weighted by atomic mass is 16.2. The van der Waals surface area contributed by atoms with E-state index >= 15 is 0 Å². The summed E-state index contributed by atoms with van der Waals surface area (Å²) in [5.41, 5.74) is 10.8. The molecule has 4 heterocycles. The molecule has 0 radical (unpaired) electrons. The Kier molecular flexibility index (Phi) is 12.5. The summed E-state index contributed by atoms with van der Waals surface area (Å²) in [5, 5.41) is 0. The van der Waals surface area contributed by atoms with Crippen molar-refractivity contribution in [1.29, 1.82) is 0 Å². The van der Waals surface area contributed by atoms with E-state index in [0.29, 0.717) is 43.6 Å². The molecular formula is C48H62N6O3. The summed E-state index contributed by atoms with van der Waals surface area (Å²) in [6.07, 6.45) is 5.85. The molecule has 7 rings (SSSR count). The van der Waals surface area contributed by atoms with Crippen LogP contribution < -0.4 is 4.90 Å². The molecule has 3 aliphatic heterocycles. The average molecular weight is 771 g/mol. The number of piperazine rings is 1. The van der Waals surface area contributed by atoms with E-state index in [1.54, 1.807) is 0 Å². The minimum Gasteiger partial charge on any atom is -0.369 e. The lowest BCUT2D eigenvalue weighted by atomic mass is 9.89. The molecule has 0 saturated carbocycles. The second-order valence-corrected chi connectivity index (χ2v) is 16.7. The summed E-state index contributed by atoms with van der Waals surface area (Å²) in [6.45, 7) is 15.5. The number of anilines is 1. The van der Waals surface area contributed by atoms with Gasteiger partial charge in [-0.05, 0) is 98.7 Å². The van der Waals surface area contributed by atoms with E-state index < -0.39 is 0 Å². The van der Waals surface area contributed by atoms with Crippen molar-refractivity contribution in [2.45, 2.75) is 91.8 Å². The van der Waals surface area contributed by atoms with Crippen molar-refractivity contribution in [1.82, 2.24) is 24.2 Å². The highest BCUT2D eigenvalue weighted by Gasteiger charge is 2.33. The SMILES string of the molecule is CCCCN(CCCC)C(=O)c1cc(-c2cc3c(cc2C(=O)N2Cc4ccccc4C[C@H]2C)CN(C(=O)Cc2ccccc2N2CCN(C)CC2)CC3)n(C)c1C. The molecule has 3 aliphatic rings. The second kappa shape index (κ2) is 17.7. The zero-order chi connectivity index (χ0) is 40.2. The highest BCUT2D eigenvalue weighted by molar-refractivity contribution is 6.03. The zero-order valence-electron chi connectivity index (χ0n) is 35.1. The number of amides is 3. The van der Waals surface area contributed by atoms with Gasteiger partial charge in [-0.2, -0.15) is 0 Å².